The summed E-state index contributed by atoms with van der Waals surface area (Å²) in [5.41, 5.74) is 0. The molecule has 4 heteroatoms. The number of nitriles is 1. The molecular formula is C8H11NO3. The van der Waals surface area contributed by atoms with Gasteiger partial charge < -0.3 is 9.47 Å². The van der Waals surface area contributed by atoms with Gasteiger partial charge in [-0.25, -0.2) is 4.79 Å². The second kappa shape index (κ2) is 6.38. The molecule has 0 N–H and O–H groups in total. The van der Waals surface area contributed by atoms with E-state index in [1.807, 2.05) is 6.07 Å². The average Bonchev–Trinajstić information content (AvgIpc) is 2.11. The zero-order valence-electron chi connectivity index (χ0n) is 6.95. The lowest BCUT2D eigenvalue weighted by Gasteiger charge is -2.04. The third-order valence-corrected chi connectivity index (χ3v) is 1.04. The first-order valence-corrected chi connectivity index (χ1v) is 3.51. The van der Waals surface area contributed by atoms with Gasteiger partial charge in [0.25, 0.3) is 0 Å². The van der Waals surface area contributed by atoms with Crippen molar-refractivity contribution in [2.75, 3.05) is 13.2 Å². The molecule has 0 aromatic rings. The zero-order chi connectivity index (χ0) is 9.40. The Hall–Kier alpha value is -1.34. The minimum atomic E-state index is -0.483. The fourth-order valence-corrected chi connectivity index (χ4v) is 0.463. The van der Waals surface area contributed by atoms with Crippen LogP contribution in [0.25, 0.3) is 0 Å². The Bertz CT molecular complexity index is 195. The fraction of sp³-hybridized carbons (Fsp3) is 0.500. The molecule has 66 valence electrons. The van der Waals surface area contributed by atoms with Crippen molar-refractivity contribution in [1.82, 2.24) is 0 Å². The summed E-state index contributed by atoms with van der Waals surface area (Å²) < 4.78 is 9.51. The average molecular weight is 169 g/mol. The highest BCUT2D eigenvalue weighted by Gasteiger charge is 1.99. The Kier molecular flexibility index (Phi) is 5.66. The lowest BCUT2D eigenvalue weighted by molar-refractivity contribution is -0.139. The summed E-state index contributed by atoms with van der Waals surface area (Å²) in [5, 5.41) is 8.29. The van der Waals surface area contributed by atoms with Crippen LogP contribution in [0.2, 0.25) is 0 Å². The van der Waals surface area contributed by atoms with Crippen LogP contribution in [0.1, 0.15) is 6.92 Å². The molecule has 0 aliphatic heterocycles. The smallest absolute Gasteiger partial charge is 0.330 e. The largest absolute Gasteiger partial charge is 0.460 e. The monoisotopic (exact) mass is 169 g/mol. The van der Waals surface area contributed by atoms with Crippen molar-refractivity contribution < 1.29 is 14.3 Å². The molecule has 1 unspecified atom stereocenters. The highest BCUT2D eigenvalue weighted by molar-refractivity contribution is 5.81. The molecule has 0 radical (unpaired) electrons. The Labute approximate surface area is 71.4 Å². The first kappa shape index (κ1) is 10.7. The van der Waals surface area contributed by atoms with Crippen molar-refractivity contribution in [3.8, 4) is 6.07 Å². The molecule has 12 heavy (non-hydrogen) atoms. The van der Waals surface area contributed by atoms with Crippen LogP contribution in [0.3, 0.4) is 0 Å². The number of hydrogen-bond acceptors (Lipinski definition) is 4. The van der Waals surface area contributed by atoms with Gasteiger partial charge in [0.1, 0.15) is 12.7 Å². The number of rotatable bonds is 5. The van der Waals surface area contributed by atoms with Gasteiger partial charge >= 0.3 is 5.97 Å². The molecule has 1 atom stereocenters. The number of esters is 1. The van der Waals surface area contributed by atoms with Crippen molar-refractivity contribution in [1.29, 1.82) is 5.26 Å². The summed E-state index contributed by atoms with van der Waals surface area (Å²) in [6.45, 7) is 5.22. The molecule has 0 aromatic carbocycles. The third kappa shape index (κ3) is 5.45. The van der Waals surface area contributed by atoms with E-state index in [1.165, 1.54) is 0 Å². The van der Waals surface area contributed by atoms with E-state index in [0.29, 0.717) is 0 Å². The van der Waals surface area contributed by atoms with Crippen LogP contribution >= 0.6 is 0 Å². The van der Waals surface area contributed by atoms with Gasteiger partial charge in [0.15, 0.2) is 0 Å². The second-order valence-corrected chi connectivity index (χ2v) is 2.01. The van der Waals surface area contributed by atoms with Crippen LogP contribution in [-0.2, 0) is 14.3 Å². The molecule has 0 saturated carbocycles. The van der Waals surface area contributed by atoms with Gasteiger partial charge in [-0.3, -0.25) is 0 Å². The van der Waals surface area contributed by atoms with Crippen LogP contribution in [-0.4, -0.2) is 25.3 Å². The normalized spacial score (nSPS) is 11.3. The maximum Gasteiger partial charge on any atom is 0.330 e. The Morgan fingerprint density at radius 2 is 2.42 bits per heavy atom. The molecule has 0 aliphatic rings. The van der Waals surface area contributed by atoms with Gasteiger partial charge in [-0.05, 0) is 6.92 Å². The molecule has 0 heterocycles. The Morgan fingerprint density at radius 3 is 2.92 bits per heavy atom. The number of ether oxygens (including phenoxy) is 2. The Morgan fingerprint density at radius 1 is 1.75 bits per heavy atom. The molecule has 0 aromatic heterocycles. The molecule has 0 amide bonds. The van der Waals surface area contributed by atoms with E-state index in [2.05, 4.69) is 11.3 Å². The van der Waals surface area contributed by atoms with Crippen LogP contribution < -0.4 is 0 Å². The molecule has 0 saturated heterocycles. The highest BCUT2D eigenvalue weighted by atomic mass is 16.6. The van der Waals surface area contributed by atoms with Crippen molar-refractivity contribution in [3.63, 3.8) is 0 Å². The molecule has 0 bridgehead atoms. The Balaban J connectivity index is 3.28. The van der Waals surface area contributed by atoms with Gasteiger partial charge in [0.05, 0.1) is 12.7 Å². The van der Waals surface area contributed by atoms with Gasteiger partial charge in [0, 0.05) is 6.08 Å². The molecule has 0 rings (SSSR count). The van der Waals surface area contributed by atoms with Crippen molar-refractivity contribution in [2.24, 2.45) is 0 Å². The molecule has 0 fully saturated rings. The summed E-state index contributed by atoms with van der Waals surface area (Å²) in [4.78, 5) is 10.5. The quantitative estimate of drug-likeness (QED) is 0.344. The van der Waals surface area contributed by atoms with Gasteiger partial charge in [0.2, 0.25) is 0 Å². The number of hydrogen-bond donors (Lipinski definition) is 0. The predicted octanol–water partition coefficient (Wildman–Crippen LogP) is 0.644. The first-order chi connectivity index (χ1) is 5.70. The second-order valence-electron chi connectivity index (χ2n) is 2.01. The molecule has 0 aliphatic carbocycles. The SMILES string of the molecule is C=CC(=O)OCCOC(C)C#N. The molecule has 4 nitrogen and oxygen atoms in total. The summed E-state index contributed by atoms with van der Waals surface area (Å²) in [5.74, 6) is -0.483. The van der Waals surface area contributed by atoms with E-state index in [-0.39, 0.29) is 13.2 Å². The lowest BCUT2D eigenvalue weighted by Crippen LogP contribution is -2.12. The molecular weight excluding hydrogens is 158 g/mol. The van der Waals surface area contributed by atoms with E-state index in [9.17, 15) is 4.79 Å². The maximum absolute atomic E-state index is 10.5. The van der Waals surface area contributed by atoms with Gasteiger partial charge in [-0.2, -0.15) is 5.26 Å². The van der Waals surface area contributed by atoms with Crippen LogP contribution in [0.5, 0.6) is 0 Å². The van der Waals surface area contributed by atoms with E-state index in [4.69, 9.17) is 10.00 Å². The van der Waals surface area contributed by atoms with E-state index in [0.717, 1.165) is 6.08 Å². The minimum Gasteiger partial charge on any atom is -0.460 e. The summed E-state index contributed by atoms with van der Waals surface area (Å²) in [6, 6.07) is 1.88. The maximum atomic E-state index is 10.5. The summed E-state index contributed by atoms with van der Waals surface area (Å²) in [6.07, 6.45) is 0.612. The number of nitrogens with zero attached hydrogens (tertiary/aromatic N) is 1. The third-order valence-electron chi connectivity index (χ3n) is 1.04. The van der Waals surface area contributed by atoms with E-state index in [1.54, 1.807) is 6.92 Å². The fourth-order valence-electron chi connectivity index (χ4n) is 0.463. The van der Waals surface area contributed by atoms with Crippen molar-refractivity contribution in [3.05, 3.63) is 12.7 Å². The predicted molar refractivity (Wildman–Crippen MR) is 42.2 cm³/mol. The standard InChI is InChI=1S/C8H11NO3/c1-3-8(10)12-5-4-11-7(2)6-9/h3,7H,1,4-5H2,2H3. The van der Waals surface area contributed by atoms with Gasteiger partial charge in [-0.15, -0.1) is 0 Å². The molecule has 0 spiro atoms. The van der Waals surface area contributed by atoms with Crippen LogP contribution in [0.4, 0.5) is 0 Å². The summed E-state index contributed by atoms with van der Waals surface area (Å²) >= 11 is 0. The minimum absolute atomic E-state index is 0.150. The number of carbonyl (C=O) groups excluding carboxylic acids is 1. The van der Waals surface area contributed by atoms with Crippen molar-refractivity contribution in [2.45, 2.75) is 13.0 Å². The van der Waals surface area contributed by atoms with Crippen molar-refractivity contribution >= 4 is 5.97 Å². The lowest BCUT2D eigenvalue weighted by atomic mass is 10.5. The zero-order valence-corrected chi connectivity index (χ0v) is 6.95. The van der Waals surface area contributed by atoms with Gasteiger partial charge in [-0.1, -0.05) is 6.58 Å². The van der Waals surface area contributed by atoms with E-state index < -0.39 is 12.1 Å². The van der Waals surface area contributed by atoms with E-state index >= 15 is 0 Å². The highest BCUT2D eigenvalue weighted by Crippen LogP contribution is 1.87. The first-order valence-electron chi connectivity index (χ1n) is 3.51. The van der Waals surface area contributed by atoms with Crippen LogP contribution in [0.15, 0.2) is 12.7 Å². The number of carbonyl (C=O) groups is 1. The topological polar surface area (TPSA) is 59.3 Å². The summed E-state index contributed by atoms with van der Waals surface area (Å²) in [7, 11) is 0. The van der Waals surface area contributed by atoms with Crippen LogP contribution in [0, 0.1) is 11.3 Å².